The van der Waals surface area contributed by atoms with Gasteiger partial charge < -0.3 is 10.5 Å². The summed E-state index contributed by atoms with van der Waals surface area (Å²) in [6, 6.07) is 0.323. The summed E-state index contributed by atoms with van der Waals surface area (Å²) < 4.78 is 4.41. The molecule has 59 valence electrons. The standard InChI is InChI=1S/C7H14NO2/c1-3-4-5-6(8)7(9)10-2/h3-5,8H2,1-2H3. The van der Waals surface area contributed by atoms with Gasteiger partial charge in [-0.25, -0.2) is 4.79 Å². The molecule has 0 unspecified atom stereocenters. The number of unbranched alkanes of at least 4 members (excludes halogenated alkanes) is 1. The number of hydrogen-bond acceptors (Lipinski definition) is 3. The quantitative estimate of drug-likeness (QED) is 0.595. The molecule has 0 rings (SSSR count). The molecule has 0 aliphatic carbocycles. The lowest BCUT2D eigenvalue weighted by Gasteiger charge is -2.05. The molecule has 1 radical (unpaired) electrons. The van der Waals surface area contributed by atoms with Crippen LogP contribution in [-0.4, -0.2) is 13.1 Å². The Kier molecular flexibility index (Phi) is 4.94. The molecule has 0 aliphatic rings. The Morgan fingerprint density at radius 1 is 1.60 bits per heavy atom. The minimum Gasteiger partial charge on any atom is -0.468 e. The van der Waals surface area contributed by atoms with Gasteiger partial charge in [0.15, 0.2) is 0 Å². The van der Waals surface area contributed by atoms with Crippen molar-refractivity contribution >= 4 is 5.97 Å². The molecule has 3 heteroatoms. The Morgan fingerprint density at radius 2 is 2.20 bits per heavy atom. The number of nitrogens with two attached hydrogens (primary N) is 1. The van der Waals surface area contributed by atoms with Gasteiger partial charge in [-0.05, 0) is 6.42 Å². The highest BCUT2D eigenvalue weighted by Gasteiger charge is 2.12. The van der Waals surface area contributed by atoms with Crippen LogP contribution in [0.25, 0.3) is 0 Å². The van der Waals surface area contributed by atoms with Crippen molar-refractivity contribution < 1.29 is 9.53 Å². The van der Waals surface area contributed by atoms with Crippen LogP contribution in [0.3, 0.4) is 0 Å². The Bertz CT molecular complexity index is 104. The lowest BCUT2D eigenvalue weighted by molar-refractivity contribution is -0.138. The van der Waals surface area contributed by atoms with Crippen LogP contribution in [0.5, 0.6) is 0 Å². The van der Waals surface area contributed by atoms with Gasteiger partial charge in [-0.1, -0.05) is 19.8 Å². The number of ether oxygens (including phenoxy) is 1. The first-order valence-corrected chi connectivity index (χ1v) is 3.42. The summed E-state index contributed by atoms with van der Waals surface area (Å²) >= 11 is 0. The third-order valence-electron chi connectivity index (χ3n) is 1.25. The highest BCUT2D eigenvalue weighted by molar-refractivity contribution is 5.83. The summed E-state index contributed by atoms with van der Waals surface area (Å²) in [6.45, 7) is 2.05. The van der Waals surface area contributed by atoms with Crippen LogP contribution in [0.1, 0.15) is 26.2 Å². The van der Waals surface area contributed by atoms with Crippen LogP contribution in [-0.2, 0) is 9.53 Å². The largest absolute Gasteiger partial charge is 0.468 e. The van der Waals surface area contributed by atoms with Gasteiger partial charge in [0.05, 0.1) is 7.11 Å². The van der Waals surface area contributed by atoms with Crippen molar-refractivity contribution in [1.82, 2.24) is 0 Å². The van der Waals surface area contributed by atoms with Crippen LogP contribution < -0.4 is 5.73 Å². The van der Waals surface area contributed by atoms with Crippen molar-refractivity contribution in [2.75, 3.05) is 7.11 Å². The lowest BCUT2D eigenvalue weighted by atomic mass is 10.1. The van der Waals surface area contributed by atoms with Crippen molar-refractivity contribution in [2.24, 2.45) is 5.73 Å². The van der Waals surface area contributed by atoms with Gasteiger partial charge in [-0.3, -0.25) is 0 Å². The Hall–Kier alpha value is -0.570. The van der Waals surface area contributed by atoms with Gasteiger partial charge in [0.2, 0.25) is 0 Å². The van der Waals surface area contributed by atoms with Gasteiger partial charge in [0.1, 0.15) is 6.04 Å². The second kappa shape index (κ2) is 5.23. The Labute approximate surface area is 61.5 Å². The van der Waals surface area contributed by atoms with E-state index in [9.17, 15) is 4.79 Å². The predicted octanol–water partition coefficient (Wildman–Crippen LogP) is 0.840. The molecule has 0 spiro atoms. The first kappa shape index (κ1) is 9.43. The van der Waals surface area contributed by atoms with E-state index >= 15 is 0 Å². The molecule has 0 heterocycles. The predicted molar refractivity (Wildman–Crippen MR) is 39.0 cm³/mol. The molecule has 0 fully saturated rings. The molecule has 0 aromatic heterocycles. The zero-order valence-corrected chi connectivity index (χ0v) is 6.52. The van der Waals surface area contributed by atoms with E-state index in [2.05, 4.69) is 4.74 Å². The number of hydrogen-bond donors (Lipinski definition) is 1. The van der Waals surface area contributed by atoms with Gasteiger partial charge in [0.25, 0.3) is 0 Å². The van der Waals surface area contributed by atoms with E-state index in [-0.39, 0.29) is 0 Å². The van der Waals surface area contributed by atoms with Gasteiger partial charge in [-0.2, -0.15) is 0 Å². The molecule has 0 aromatic rings. The summed E-state index contributed by atoms with van der Waals surface area (Å²) in [7, 11) is 1.33. The van der Waals surface area contributed by atoms with Crippen LogP contribution >= 0.6 is 0 Å². The number of carbonyl (C=O) groups excluding carboxylic acids is 1. The second-order valence-corrected chi connectivity index (χ2v) is 2.12. The van der Waals surface area contributed by atoms with Crippen molar-refractivity contribution in [3.05, 3.63) is 6.04 Å². The average molecular weight is 144 g/mol. The van der Waals surface area contributed by atoms with E-state index in [4.69, 9.17) is 5.73 Å². The van der Waals surface area contributed by atoms with Gasteiger partial charge in [-0.15, -0.1) is 0 Å². The molecule has 0 aromatic carbocycles. The highest BCUT2D eigenvalue weighted by atomic mass is 16.5. The summed E-state index contributed by atoms with van der Waals surface area (Å²) in [5.74, 6) is -0.395. The maximum Gasteiger partial charge on any atom is 0.328 e. The summed E-state index contributed by atoms with van der Waals surface area (Å²) in [6.07, 6.45) is 2.63. The smallest absolute Gasteiger partial charge is 0.328 e. The van der Waals surface area contributed by atoms with Gasteiger partial charge >= 0.3 is 5.97 Å². The fourth-order valence-corrected chi connectivity index (χ4v) is 0.600. The minimum absolute atomic E-state index is 0.323. The van der Waals surface area contributed by atoms with Crippen LogP contribution in [0.15, 0.2) is 0 Å². The zero-order chi connectivity index (χ0) is 7.98. The van der Waals surface area contributed by atoms with Crippen molar-refractivity contribution in [1.29, 1.82) is 0 Å². The number of methoxy groups -OCH3 is 1. The number of rotatable bonds is 4. The number of carbonyl (C=O) groups is 1. The lowest BCUT2D eigenvalue weighted by Crippen LogP contribution is -2.22. The summed E-state index contributed by atoms with van der Waals surface area (Å²) in [5, 5.41) is 0. The normalized spacial score (nSPS) is 10.0. The third-order valence-corrected chi connectivity index (χ3v) is 1.25. The molecule has 0 atom stereocenters. The van der Waals surface area contributed by atoms with Crippen LogP contribution in [0, 0.1) is 6.04 Å². The Morgan fingerprint density at radius 3 is 2.60 bits per heavy atom. The molecule has 0 saturated heterocycles. The fourth-order valence-electron chi connectivity index (χ4n) is 0.600. The first-order chi connectivity index (χ1) is 4.72. The van der Waals surface area contributed by atoms with E-state index < -0.39 is 5.97 Å². The van der Waals surface area contributed by atoms with Crippen LogP contribution in [0.2, 0.25) is 0 Å². The summed E-state index contributed by atoms with van der Waals surface area (Å²) in [4.78, 5) is 10.6. The maximum absolute atomic E-state index is 10.6. The Balaban J connectivity index is 3.41. The average Bonchev–Trinajstić information content (AvgIpc) is 1.98. The highest BCUT2D eigenvalue weighted by Crippen LogP contribution is 2.05. The second-order valence-electron chi connectivity index (χ2n) is 2.12. The minimum atomic E-state index is -0.395. The SMILES string of the molecule is CCCC[C](N)C(=O)OC. The monoisotopic (exact) mass is 144 g/mol. The molecule has 3 nitrogen and oxygen atoms in total. The zero-order valence-electron chi connectivity index (χ0n) is 6.52. The van der Waals surface area contributed by atoms with Crippen LogP contribution in [0.4, 0.5) is 0 Å². The van der Waals surface area contributed by atoms with E-state index in [1.165, 1.54) is 7.11 Å². The van der Waals surface area contributed by atoms with Gasteiger partial charge in [0, 0.05) is 0 Å². The third kappa shape index (κ3) is 3.45. The van der Waals surface area contributed by atoms with E-state index in [1.54, 1.807) is 0 Å². The molecule has 0 amide bonds. The molecular weight excluding hydrogens is 130 g/mol. The van der Waals surface area contributed by atoms with E-state index in [0.29, 0.717) is 12.5 Å². The molecule has 0 saturated carbocycles. The van der Waals surface area contributed by atoms with Crippen molar-refractivity contribution in [3.8, 4) is 0 Å². The molecule has 0 bridgehead atoms. The van der Waals surface area contributed by atoms with Crippen molar-refractivity contribution in [2.45, 2.75) is 26.2 Å². The summed E-state index contributed by atoms with van der Waals surface area (Å²) in [5.41, 5.74) is 5.36. The number of esters is 1. The fraction of sp³-hybridized carbons (Fsp3) is 0.714. The molecular formula is C7H14NO2. The first-order valence-electron chi connectivity index (χ1n) is 3.42. The molecule has 0 aliphatic heterocycles. The van der Waals surface area contributed by atoms with E-state index in [1.807, 2.05) is 6.92 Å². The maximum atomic E-state index is 10.6. The van der Waals surface area contributed by atoms with Crippen molar-refractivity contribution in [3.63, 3.8) is 0 Å². The molecule has 10 heavy (non-hydrogen) atoms. The molecule has 2 N–H and O–H groups in total. The topological polar surface area (TPSA) is 52.3 Å². The van der Waals surface area contributed by atoms with E-state index in [0.717, 1.165) is 12.8 Å².